The summed E-state index contributed by atoms with van der Waals surface area (Å²) in [7, 11) is 0. The largest absolute Gasteiger partial charge is 0.459 e. The molecule has 1 aromatic rings. The second-order valence-electron chi connectivity index (χ2n) is 4.75. The van der Waals surface area contributed by atoms with Crippen LogP contribution in [0.15, 0.2) is 16.7 Å². The molecule has 2 N–H and O–H groups in total. The minimum atomic E-state index is -0.276. The minimum absolute atomic E-state index is 0.183. The first-order chi connectivity index (χ1) is 8.18. The van der Waals surface area contributed by atoms with E-state index in [-0.39, 0.29) is 17.9 Å². The molecule has 2 unspecified atom stereocenters. The number of furan rings is 1. The standard InChI is InChI=1S/C13H19NO3/c1-9-6-7-17-12(9)13(16)14-8-10-4-2-3-5-11(10)15/h6-7,10-11,15H,2-5,8H2,1H3,(H,14,16). The third kappa shape index (κ3) is 2.88. The minimum Gasteiger partial charge on any atom is -0.459 e. The third-order valence-electron chi connectivity index (χ3n) is 3.46. The van der Waals surface area contributed by atoms with E-state index in [2.05, 4.69) is 5.32 Å². The average Bonchev–Trinajstić information content (AvgIpc) is 2.74. The topological polar surface area (TPSA) is 62.5 Å². The summed E-state index contributed by atoms with van der Waals surface area (Å²) in [5.41, 5.74) is 0.840. The predicted octanol–water partition coefficient (Wildman–Crippen LogP) is 1.87. The summed E-state index contributed by atoms with van der Waals surface area (Å²) >= 11 is 0. The van der Waals surface area contributed by atoms with Gasteiger partial charge in [0.25, 0.3) is 5.91 Å². The molecule has 17 heavy (non-hydrogen) atoms. The maximum absolute atomic E-state index is 11.8. The second kappa shape index (κ2) is 5.36. The van der Waals surface area contributed by atoms with Crippen molar-refractivity contribution in [3.05, 3.63) is 23.7 Å². The zero-order valence-corrected chi connectivity index (χ0v) is 10.1. The summed E-state index contributed by atoms with van der Waals surface area (Å²) < 4.78 is 5.12. The van der Waals surface area contributed by atoms with Crippen LogP contribution in [0.2, 0.25) is 0 Å². The van der Waals surface area contributed by atoms with Crippen LogP contribution in [0, 0.1) is 12.8 Å². The molecule has 1 aliphatic rings. The Morgan fingerprint density at radius 1 is 1.53 bits per heavy atom. The first-order valence-electron chi connectivity index (χ1n) is 6.19. The van der Waals surface area contributed by atoms with Crippen LogP contribution in [0.1, 0.15) is 41.8 Å². The molecule has 0 saturated heterocycles. The maximum atomic E-state index is 11.8. The van der Waals surface area contributed by atoms with E-state index in [1.54, 1.807) is 6.07 Å². The van der Waals surface area contributed by atoms with Gasteiger partial charge in [0.05, 0.1) is 12.4 Å². The van der Waals surface area contributed by atoms with Gasteiger partial charge in [0.15, 0.2) is 5.76 Å². The van der Waals surface area contributed by atoms with E-state index in [1.165, 1.54) is 6.26 Å². The zero-order chi connectivity index (χ0) is 12.3. The van der Waals surface area contributed by atoms with Gasteiger partial charge in [-0.05, 0) is 25.8 Å². The highest BCUT2D eigenvalue weighted by molar-refractivity contribution is 5.92. The van der Waals surface area contributed by atoms with Crippen LogP contribution < -0.4 is 5.32 Å². The SMILES string of the molecule is Cc1ccoc1C(=O)NCC1CCCCC1O. The zero-order valence-electron chi connectivity index (χ0n) is 10.1. The molecule has 0 bridgehead atoms. The van der Waals surface area contributed by atoms with Gasteiger partial charge in [-0.25, -0.2) is 0 Å². The summed E-state index contributed by atoms with van der Waals surface area (Å²) in [4.78, 5) is 11.8. The van der Waals surface area contributed by atoms with Gasteiger partial charge in [-0.1, -0.05) is 12.8 Å². The molecule has 0 radical (unpaired) electrons. The van der Waals surface area contributed by atoms with Crippen LogP contribution in [0.5, 0.6) is 0 Å². The van der Waals surface area contributed by atoms with Gasteiger partial charge in [-0.15, -0.1) is 0 Å². The number of nitrogens with one attached hydrogen (secondary N) is 1. The molecule has 2 atom stereocenters. The van der Waals surface area contributed by atoms with Crippen LogP contribution in [0.25, 0.3) is 0 Å². The molecule has 1 heterocycles. The summed E-state index contributed by atoms with van der Waals surface area (Å²) in [6.45, 7) is 2.37. The number of carbonyl (C=O) groups is 1. The Morgan fingerprint density at radius 3 is 2.94 bits per heavy atom. The number of hydrogen-bond donors (Lipinski definition) is 2. The van der Waals surface area contributed by atoms with Crippen LogP contribution in [0.3, 0.4) is 0 Å². The van der Waals surface area contributed by atoms with Crippen molar-refractivity contribution in [2.75, 3.05) is 6.54 Å². The quantitative estimate of drug-likeness (QED) is 0.843. The van der Waals surface area contributed by atoms with Gasteiger partial charge in [-0.3, -0.25) is 4.79 Å². The molecule has 1 fully saturated rings. The molecule has 1 aliphatic carbocycles. The summed E-state index contributed by atoms with van der Waals surface area (Å²) in [6, 6.07) is 1.77. The first kappa shape index (κ1) is 12.2. The van der Waals surface area contributed by atoms with Crippen molar-refractivity contribution in [2.24, 2.45) is 5.92 Å². The van der Waals surface area contributed by atoms with E-state index < -0.39 is 0 Å². The lowest BCUT2D eigenvalue weighted by Gasteiger charge is -2.27. The maximum Gasteiger partial charge on any atom is 0.287 e. The van der Waals surface area contributed by atoms with Gasteiger partial charge < -0.3 is 14.8 Å². The molecular weight excluding hydrogens is 218 g/mol. The van der Waals surface area contributed by atoms with Gasteiger partial charge in [0.2, 0.25) is 0 Å². The lowest BCUT2D eigenvalue weighted by atomic mass is 9.86. The lowest BCUT2D eigenvalue weighted by molar-refractivity contribution is 0.0656. The normalized spacial score (nSPS) is 24.6. The molecule has 4 nitrogen and oxygen atoms in total. The van der Waals surface area contributed by atoms with Crippen molar-refractivity contribution >= 4 is 5.91 Å². The smallest absolute Gasteiger partial charge is 0.287 e. The number of carbonyl (C=O) groups excluding carboxylic acids is 1. The van der Waals surface area contributed by atoms with Crippen molar-refractivity contribution in [3.63, 3.8) is 0 Å². The highest BCUT2D eigenvalue weighted by atomic mass is 16.3. The Morgan fingerprint density at radius 2 is 2.29 bits per heavy atom. The Labute approximate surface area is 101 Å². The molecule has 2 rings (SSSR count). The monoisotopic (exact) mass is 237 g/mol. The fourth-order valence-corrected chi connectivity index (χ4v) is 2.34. The molecule has 94 valence electrons. The Kier molecular flexibility index (Phi) is 3.84. The highest BCUT2D eigenvalue weighted by Gasteiger charge is 2.24. The molecular formula is C13H19NO3. The van der Waals surface area contributed by atoms with Gasteiger partial charge in [0, 0.05) is 18.0 Å². The Hall–Kier alpha value is -1.29. The summed E-state index contributed by atoms with van der Waals surface area (Å²) in [5, 5.41) is 12.6. The fourth-order valence-electron chi connectivity index (χ4n) is 2.34. The van der Waals surface area contributed by atoms with E-state index in [4.69, 9.17) is 4.42 Å². The van der Waals surface area contributed by atoms with Crippen LogP contribution >= 0.6 is 0 Å². The number of aryl methyl sites for hydroxylation is 1. The molecule has 1 amide bonds. The fraction of sp³-hybridized carbons (Fsp3) is 0.615. The molecule has 0 spiro atoms. The van der Waals surface area contributed by atoms with Crippen LogP contribution in [-0.4, -0.2) is 23.7 Å². The molecule has 1 saturated carbocycles. The van der Waals surface area contributed by atoms with E-state index in [1.807, 2.05) is 6.92 Å². The third-order valence-corrected chi connectivity index (χ3v) is 3.46. The van der Waals surface area contributed by atoms with Crippen molar-refractivity contribution in [3.8, 4) is 0 Å². The molecule has 4 heteroatoms. The predicted molar refractivity (Wildman–Crippen MR) is 63.7 cm³/mol. The first-order valence-corrected chi connectivity index (χ1v) is 6.19. The van der Waals surface area contributed by atoms with E-state index in [0.29, 0.717) is 12.3 Å². The number of aliphatic hydroxyl groups is 1. The summed E-state index contributed by atoms with van der Waals surface area (Å²) in [5.74, 6) is 0.364. The Balaban J connectivity index is 1.86. The Bertz CT molecular complexity index is 386. The van der Waals surface area contributed by atoms with Crippen molar-refractivity contribution in [1.29, 1.82) is 0 Å². The van der Waals surface area contributed by atoms with E-state index >= 15 is 0 Å². The second-order valence-corrected chi connectivity index (χ2v) is 4.75. The van der Waals surface area contributed by atoms with Gasteiger partial charge >= 0.3 is 0 Å². The van der Waals surface area contributed by atoms with Crippen LogP contribution in [-0.2, 0) is 0 Å². The summed E-state index contributed by atoms with van der Waals surface area (Å²) in [6.07, 6.45) is 5.29. The number of hydrogen-bond acceptors (Lipinski definition) is 3. The van der Waals surface area contributed by atoms with Crippen molar-refractivity contribution in [1.82, 2.24) is 5.32 Å². The molecule has 1 aromatic heterocycles. The van der Waals surface area contributed by atoms with E-state index in [0.717, 1.165) is 31.2 Å². The van der Waals surface area contributed by atoms with Crippen molar-refractivity contribution in [2.45, 2.75) is 38.7 Å². The highest BCUT2D eigenvalue weighted by Crippen LogP contribution is 2.23. The number of aliphatic hydroxyl groups excluding tert-OH is 1. The van der Waals surface area contributed by atoms with Gasteiger partial charge in [0.1, 0.15) is 0 Å². The van der Waals surface area contributed by atoms with Crippen molar-refractivity contribution < 1.29 is 14.3 Å². The molecule has 0 aliphatic heterocycles. The van der Waals surface area contributed by atoms with E-state index in [9.17, 15) is 9.90 Å². The molecule has 0 aromatic carbocycles. The number of rotatable bonds is 3. The average molecular weight is 237 g/mol. The van der Waals surface area contributed by atoms with Crippen LogP contribution in [0.4, 0.5) is 0 Å². The van der Waals surface area contributed by atoms with Gasteiger partial charge in [-0.2, -0.15) is 0 Å². The lowest BCUT2D eigenvalue weighted by Crippen LogP contribution is -2.36. The number of amides is 1.